The molecule has 1 aromatic carbocycles. The van der Waals surface area contributed by atoms with Gasteiger partial charge in [0.25, 0.3) is 0 Å². The summed E-state index contributed by atoms with van der Waals surface area (Å²) in [4.78, 5) is 17.1. The molecule has 0 radical (unpaired) electrons. The van der Waals surface area contributed by atoms with Crippen LogP contribution in [-0.2, 0) is 11.3 Å². The summed E-state index contributed by atoms with van der Waals surface area (Å²) >= 11 is 4.69. The summed E-state index contributed by atoms with van der Waals surface area (Å²) in [6.07, 6.45) is 1.43. The van der Waals surface area contributed by atoms with Gasteiger partial charge in [-0.2, -0.15) is 0 Å². The van der Waals surface area contributed by atoms with Gasteiger partial charge in [0, 0.05) is 4.47 Å². The SMILES string of the molecule is O=C(OCc1coc(-c2cccs2)n1)c1cc(F)ccc1Br. The molecule has 4 nitrogen and oxygen atoms in total. The van der Waals surface area contributed by atoms with Crippen LogP contribution in [0.25, 0.3) is 10.8 Å². The van der Waals surface area contributed by atoms with Gasteiger partial charge < -0.3 is 9.15 Å². The quantitative estimate of drug-likeness (QED) is 0.616. The van der Waals surface area contributed by atoms with E-state index in [0.717, 1.165) is 10.9 Å². The van der Waals surface area contributed by atoms with Gasteiger partial charge >= 0.3 is 5.97 Å². The highest BCUT2D eigenvalue weighted by Crippen LogP contribution is 2.24. The van der Waals surface area contributed by atoms with Crippen LogP contribution in [0, 0.1) is 5.82 Å². The lowest BCUT2D eigenvalue weighted by molar-refractivity contribution is 0.0466. The number of hydrogen-bond acceptors (Lipinski definition) is 5. The van der Waals surface area contributed by atoms with Crippen LogP contribution in [0.3, 0.4) is 0 Å². The minimum atomic E-state index is -0.632. The second-order valence-electron chi connectivity index (χ2n) is 4.32. The zero-order valence-electron chi connectivity index (χ0n) is 11.1. The van der Waals surface area contributed by atoms with E-state index in [1.54, 1.807) is 0 Å². The highest BCUT2D eigenvalue weighted by Gasteiger charge is 2.14. The molecule has 0 bridgehead atoms. The average molecular weight is 382 g/mol. The van der Waals surface area contributed by atoms with E-state index in [1.807, 2.05) is 17.5 Å². The molecule has 3 aromatic rings. The largest absolute Gasteiger partial charge is 0.455 e. The van der Waals surface area contributed by atoms with Gasteiger partial charge in [-0.1, -0.05) is 6.07 Å². The third-order valence-electron chi connectivity index (χ3n) is 2.78. The van der Waals surface area contributed by atoms with Crippen LogP contribution in [0.5, 0.6) is 0 Å². The van der Waals surface area contributed by atoms with E-state index >= 15 is 0 Å². The van der Waals surface area contributed by atoms with Crippen molar-refractivity contribution < 1.29 is 18.3 Å². The Labute approximate surface area is 137 Å². The minimum absolute atomic E-state index is 0.0450. The van der Waals surface area contributed by atoms with Crippen molar-refractivity contribution in [2.75, 3.05) is 0 Å². The minimum Gasteiger partial charge on any atom is -0.455 e. The molecule has 0 unspecified atom stereocenters. The second-order valence-corrected chi connectivity index (χ2v) is 6.12. The maximum Gasteiger partial charge on any atom is 0.339 e. The molecular formula is C15H9BrFNO3S. The Balaban J connectivity index is 1.67. The molecular weight excluding hydrogens is 373 g/mol. The zero-order chi connectivity index (χ0) is 15.5. The van der Waals surface area contributed by atoms with E-state index in [9.17, 15) is 9.18 Å². The molecule has 0 atom stereocenters. The van der Waals surface area contributed by atoms with Crippen molar-refractivity contribution >= 4 is 33.2 Å². The number of aromatic nitrogens is 1. The summed E-state index contributed by atoms with van der Waals surface area (Å²) in [5, 5.41) is 1.92. The Morgan fingerprint density at radius 3 is 3.05 bits per heavy atom. The molecule has 2 aromatic heterocycles. The third kappa shape index (κ3) is 3.26. The number of ether oxygens (including phenoxy) is 1. The first-order chi connectivity index (χ1) is 10.6. The van der Waals surface area contributed by atoms with Gasteiger partial charge in [-0.3, -0.25) is 0 Å². The van der Waals surface area contributed by atoms with Gasteiger partial charge in [0.2, 0.25) is 5.89 Å². The van der Waals surface area contributed by atoms with Gasteiger partial charge in [0.1, 0.15) is 24.4 Å². The van der Waals surface area contributed by atoms with Crippen molar-refractivity contribution in [1.29, 1.82) is 0 Å². The van der Waals surface area contributed by atoms with Crippen LogP contribution < -0.4 is 0 Å². The fourth-order valence-corrected chi connectivity index (χ4v) is 2.82. The number of carbonyl (C=O) groups excluding carboxylic acids is 1. The van der Waals surface area contributed by atoms with Crippen molar-refractivity contribution in [1.82, 2.24) is 4.98 Å². The maximum atomic E-state index is 13.2. The van der Waals surface area contributed by atoms with Crippen LogP contribution in [0.2, 0.25) is 0 Å². The Hall–Kier alpha value is -1.99. The number of hydrogen-bond donors (Lipinski definition) is 0. The summed E-state index contributed by atoms with van der Waals surface area (Å²) in [6, 6.07) is 7.61. The van der Waals surface area contributed by atoms with E-state index in [0.29, 0.717) is 16.1 Å². The lowest BCUT2D eigenvalue weighted by Crippen LogP contribution is -2.06. The summed E-state index contributed by atoms with van der Waals surface area (Å²) in [7, 11) is 0. The third-order valence-corrected chi connectivity index (χ3v) is 4.33. The Bertz CT molecular complexity index is 801. The monoisotopic (exact) mass is 381 g/mol. The van der Waals surface area contributed by atoms with Crippen LogP contribution in [-0.4, -0.2) is 11.0 Å². The highest BCUT2D eigenvalue weighted by molar-refractivity contribution is 9.10. The maximum absolute atomic E-state index is 13.2. The van der Waals surface area contributed by atoms with E-state index in [-0.39, 0.29) is 12.2 Å². The fraction of sp³-hybridized carbons (Fsp3) is 0.0667. The van der Waals surface area contributed by atoms with E-state index in [2.05, 4.69) is 20.9 Å². The van der Waals surface area contributed by atoms with Crippen molar-refractivity contribution in [3.05, 3.63) is 63.5 Å². The normalized spacial score (nSPS) is 10.6. The highest BCUT2D eigenvalue weighted by atomic mass is 79.9. The van der Waals surface area contributed by atoms with Gasteiger partial charge in [0.15, 0.2) is 0 Å². The molecule has 0 amide bonds. The van der Waals surface area contributed by atoms with E-state index in [1.165, 1.54) is 29.7 Å². The second kappa shape index (κ2) is 6.41. The Morgan fingerprint density at radius 1 is 1.41 bits per heavy atom. The first-order valence-corrected chi connectivity index (χ1v) is 7.91. The molecule has 3 rings (SSSR count). The number of oxazole rings is 1. The van der Waals surface area contributed by atoms with Gasteiger partial charge in [-0.25, -0.2) is 14.2 Å². The van der Waals surface area contributed by atoms with Crippen molar-refractivity contribution in [2.45, 2.75) is 6.61 Å². The first kappa shape index (κ1) is 14.9. The Morgan fingerprint density at radius 2 is 2.27 bits per heavy atom. The number of rotatable bonds is 4. The fourth-order valence-electron chi connectivity index (χ4n) is 1.76. The number of esters is 1. The number of benzene rings is 1. The lowest BCUT2D eigenvalue weighted by atomic mass is 10.2. The predicted molar refractivity (Wildman–Crippen MR) is 83.0 cm³/mol. The molecule has 112 valence electrons. The molecule has 0 fully saturated rings. The number of halogens is 2. The number of nitrogens with zero attached hydrogens (tertiary/aromatic N) is 1. The first-order valence-electron chi connectivity index (χ1n) is 6.24. The molecule has 0 saturated heterocycles. The molecule has 7 heteroatoms. The summed E-state index contributed by atoms with van der Waals surface area (Å²) in [5.74, 6) is -0.656. The molecule has 0 aliphatic rings. The van der Waals surface area contributed by atoms with E-state index < -0.39 is 11.8 Å². The van der Waals surface area contributed by atoms with Crippen LogP contribution in [0.15, 0.2) is 50.9 Å². The predicted octanol–water partition coefficient (Wildman–Crippen LogP) is 4.66. The number of thiophene rings is 1. The smallest absolute Gasteiger partial charge is 0.339 e. The molecule has 0 aliphatic carbocycles. The standard InChI is InChI=1S/C15H9BrFNO3S/c16-12-4-3-9(17)6-11(12)15(19)21-8-10-7-20-14(18-10)13-2-1-5-22-13/h1-7H,8H2. The molecule has 2 heterocycles. The molecule has 0 spiro atoms. The molecule has 0 saturated carbocycles. The number of carbonyl (C=O) groups is 1. The zero-order valence-corrected chi connectivity index (χ0v) is 13.5. The topological polar surface area (TPSA) is 52.3 Å². The average Bonchev–Trinajstić information content (AvgIpc) is 3.17. The van der Waals surface area contributed by atoms with Crippen LogP contribution >= 0.6 is 27.3 Å². The summed E-state index contributed by atoms with van der Waals surface area (Å²) in [6.45, 7) is -0.0450. The van der Waals surface area contributed by atoms with Gasteiger partial charge in [-0.05, 0) is 45.6 Å². The summed E-state index contributed by atoms with van der Waals surface area (Å²) in [5.41, 5.74) is 0.617. The molecule has 22 heavy (non-hydrogen) atoms. The van der Waals surface area contributed by atoms with Crippen molar-refractivity contribution in [3.63, 3.8) is 0 Å². The van der Waals surface area contributed by atoms with Gasteiger partial charge in [-0.15, -0.1) is 11.3 Å². The van der Waals surface area contributed by atoms with Gasteiger partial charge in [0.05, 0.1) is 10.4 Å². The van der Waals surface area contributed by atoms with Crippen molar-refractivity contribution in [2.24, 2.45) is 0 Å². The Kier molecular flexibility index (Phi) is 4.35. The van der Waals surface area contributed by atoms with E-state index in [4.69, 9.17) is 9.15 Å². The molecule has 0 N–H and O–H groups in total. The molecule has 0 aliphatic heterocycles. The van der Waals surface area contributed by atoms with Crippen LogP contribution in [0.4, 0.5) is 4.39 Å². The lowest BCUT2D eigenvalue weighted by Gasteiger charge is -2.04. The summed E-state index contributed by atoms with van der Waals surface area (Å²) < 4.78 is 24.1. The van der Waals surface area contributed by atoms with Crippen LogP contribution in [0.1, 0.15) is 16.1 Å². The van der Waals surface area contributed by atoms with Crippen molar-refractivity contribution in [3.8, 4) is 10.8 Å².